The minimum Gasteiger partial charge on any atom is -0.494 e. The number of rotatable bonds is 15. The van der Waals surface area contributed by atoms with E-state index in [4.69, 9.17) is 14.9 Å². The van der Waals surface area contributed by atoms with E-state index in [1.165, 1.54) is 4.90 Å². The second-order valence-corrected chi connectivity index (χ2v) is 13.9. The van der Waals surface area contributed by atoms with Crippen LogP contribution in [0.5, 0.6) is 5.75 Å². The fraction of sp³-hybridized carbons (Fsp3) is 0.517. The first kappa shape index (κ1) is 45.1. The summed E-state index contributed by atoms with van der Waals surface area (Å²) in [6.07, 6.45) is -6.96. The van der Waals surface area contributed by atoms with Crippen LogP contribution in [0.1, 0.15) is 40.0 Å². The van der Waals surface area contributed by atoms with Gasteiger partial charge in [0.05, 0.1) is 22.6 Å². The average molecular weight is 852 g/mol. The first-order chi connectivity index (χ1) is 24.6. The molecule has 0 amide bonds. The van der Waals surface area contributed by atoms with E-state index >= 15 is 0 Å². The predicted octanol–water partition coefficient (Wildman–Crippen LogP) is 8.51. The van der Waals surface area contributed by atoms with Crippen molar-refractivity contribution in [2.75, 3.05) is 24.6 Å². The highest BCUT2D eigenvalue weighted by molar-refractivity contribution is 7.92. The number of nitrogens with zero attached hydrogens (tertiary/aromatic N) is 1. The van der Waals surface area contributed by atoms with Crippen LogP contribution in [0.15, 0.2) is 47.4 Å². The normalized spacial score (nSPS) is 16.3. The number of benzene rings is 2. The molecule has 8 nitrogen and oxygen atoms in total. The van der Waals surface area contributed by atoms with Crippen molar-refractivity contribution in [2.45, 2.75) is 71.1 Å². The van der Waals surface area contributed by atoms with Gasteiger partial charge in [0.25, 0.3) is 0 Å². The molecule has 3 rings (SSSR count). The second kappa shape index (κ2) is 14.4. The summed E-state index contributed by atoms with van der Waals surface area (Å²) in [4.78, 5) is 21.8. The summed E-state index contributed by atoms with van der Waals surface area (Å²) in [5.41, 5.74) is -0.798. The summed E-state index contributed by atoms with van der Waals surface area (Å²) in [5.74, 6) is -55.1. The fourth-order valence-corrected chi connectivity index (χ4v) is 6.31. The second-order valence-electron chi connectivity index (χ2n) is 11.9. The number of aromatic carboxylic acids is 2. The Hall–Kier alpha value is -4.26. The van der Waals surface area contributed by atoms with Gasteiger partial charge >= 0.3 is 58.9 Å². The summed E-state index contributed by atoms with van der Waals surface area (Å²) >= 11 is 0. The van der Waals surface area contributed by atoms with E-state index in [2.05, 4.69) is 0 Å². The molecule has 2 aromatic rings. The van der Waals surface area contributed by atoms with E-state index < -0.39 is 73.6 Å². The Morgan fingerprint density at radius 1 is 0.636 bits per heavy atom. The van der Waals surface area contributed by atoms with Gasteiger partial charge in [0.1, 0.15) is 5.75 Å². The number of alkyl halides is 17. The Morgan fingerprint density at radius 2 is 1.04 bits per heavy atom. The third-order valence-corrected chi connectivity index (χ3v) is 10.2. The van der Waals surface area contributed by atoms with E-state index in [1.54, 1.807) is 0 Å². The summed E-state index contributed by atoms with van der Waals surface area (Å²) in [6.45, 7) is 0.176. The standard InChI is InChI=1S/C29H22F17NO7S/c30-22(31,24(34,35)26(38,39)28(42,43)44)23(32,33)25(36,37)27(40,41)29(45,46)55(52,53)19-3-1-17(2-4-19)47-8-5-14(6-9-47)7-10-54-18-12-15(20(48)49)11-16(13-18)21(50)51/h1-4,11-14H,5-10H2,(H,48,49)(H,50,51). The van der Waals surface area contributed by atoms with E-state index in [-0.39, 0.29) is 60.3 Å². The van der Waals surface area contributed by atoms with Crippen molar-refractivity contribution in [3.8, 4) is 5.75 Å². The van der Waals surface area contributed by atoms with Crippen molar-refractivity contribution < 1.29 is 108 Å². The molecule has 0 aromatic heterocycles. The lowest BCUT2D eigenvalue weighted by atomic mass is 9.91. The zero-order chi connectivity index (χ0) is 42.6. The van der Waals surface area contributed by atoms with Crippen LogP contribution >= 0.6 is 0 Å². The highest BCUT2D eigenvalue weighted by Crippen LogP contribution is 2.64. The summed E-state index contributed by atoms with van der Waals surface area (Å²) in [5, 5.41) is 10.6. The SMILES string of the molecule is O=C(O)c1cc(OCCC2CCN(c3ccc(S(=O)(=O)C(F)(F)C(F)(F)C(F)(F)C(F)(F)C(F)(F)C(F)(F)C(F)(F)C(F)(F)F)cc3)CC2)cc(C(=O)O)c1. The molecule has 26 heteroatoms. The fourth-order valence-electron chi connectivity index (χ4n) is 5.05. The van der Waals surface area contributed by atoms with E-state index in [9.17, 15) is 92.6 Å². The van der Waals surface area contributed by atoms with Gasteiger partial charge in [-0.1, -0.05) is 0 Å². The monoisotopic (exact) mass is 851 g/mol. The number of sulfone groups is 1. The topological polar surface area (TPSA) is 121 Å². The van der Waals surface area contributed by atoms with Gasteiger partial charge in [-0.2, -0.15) is 74.6 Å². The lowest BCUT2D eigenvalue weighted by molar-refractivity contribution is -0.458. The largest absolute Gasteiger partial charge is 0.494 e. The molecular weight excluding hydrogens is 829 g/mol. The van der Waals surface area contributed by atoms with Gasteiger partial charge < -0.3 is 19.8 Å². The number of carboxylic acid groups (broad SMARTS) is 2. The Balaban J connectivity index is 1.76. The molecule has 0 saturated carbocycles. The number of anilines is 1. The number of carbonyl (C=O) groups is 2. The van der Waals surface area contributed by atoms with Gasteiger partial charge in [-0.25, -0.2) is 18.0 Å². The Morgan fingerprint density at radius 3 is 1.44 bits per heavy atom. The zero-order valence-electron chi connectivity index (χ0n) is 26.6. The van der Waals surface area contributed by atoms with Gasteiger partial charge in [0, 0.05) is 18.8 Å². The van der Waals surface area contributed by atoms with Gasteiger partial charge in [0.15, 0.2) is 0 Å². The van der Waals surface area contributed by atoms with E-state index in [0.29, 0.717) is 31.4 Å². The molecule has 1 aliphatic heterocycles. The number of hydrogen-bond donors (Lipinski definition) is 2. The quantitative estimate of drug-likeness (QED) is 0.171. The number of halogens is 17. The zero-order valence-corrected chi connectivity index (χ0v) is 27.4. The van der Waals surface area contributed by atoms with Crippen LogP contribution in [0.2, 0.25) is 0 Å². The van der Waals surface area contributed by atoms with Gasteiger partial charge in [-0.05, 0) is 67.6 Å². The minimum absolute atomic E-state index is 0.0358. The third-order valence-electron chi connectivity index (χ3n) is 8.35. The molecule has 1 saturated heterocycles. The average Bonchev–Trinajstić information content (AvgIpc) is 3.07. The molecule has 0 bridgehead atoms. The maximum Gasteiger partial charge on any atom is 0.460 e. The van der Waals surface area contributed by atoms with Crippen molar-refractivity contribution in [1.82, 2.24) is 0 Å². The van der Waals surface area contributed by atoms with Crippen molar-refractivity contribution in [3.63, 3.8) is 0 Å². The molecule has 55 heavy (non-hydrogen) atoms. The van der Waals surface area contributed by atoms with Crippen LogP contribution in [0, 0.1) is 5.92 Å². The van der Waals surface area contributed by atoms with Crippen molar-refractivity contribution >= 4 is 27.5 Å². The van der Waals surface area contributed by atoms with Gasteiger partial charge in [-0.15, -0.1) is 0 Å². The van der Waals surface area contributed by atoms with Crippen LogP contribution in [-0.4, -0.2) is 97.2 Å². The van der Waals surface area contributed by atoms with Gasteiger partial charge in [0.2, 0.25) is 9.84 Å². The molecule has 1 heterocycles. The number of hydrogen-bond acceptors (Lipinski definition) is 6. The molecule has 0 aliphatic carbocycles. The van der Waals surface area contributed by atoms with E-state index in [0.717, 1.165) is 18.2 Å². The number of ether oxygens (including phenoxy) is 1. The van der Waals surface area contributed by atoms with Gasteiger partial charge in [-0.3, -0.25) is 0 Å². The molecule has 1 aliphatic rings. The third kappa shape index (κ3) is 7.40. The van der Waals surface area contributed by atoms with Crippen molar-refractivity contribution in [2.24, 2.45) is 5.92 Å². The highest BCUT2D eigenvalue weighted by atomic mass is 32.2. The summed E-state index contributed by atoms with van der Waals surface area (Å²) < 4.78 is 262. The lowest BCUT2D eigenvalue weighted by Gasteiger charge is -2.42. The van der Waals surface area contributed by atoms with Crippen LogP contribution in [0.25, 0.3) is 0 Å². The first-order valence-electron chi connectivity index (χ1n) is 14.7. The molecule has 0 unspecified atom stereocenters. The molecule has 0 spiro atoms. The Bertz CT molecular complexity index is 1830. The number of carboxylic acids is 2. The molecular formula is C29H22F17NO7S. The Labute approximate surface area is 296 Å². The summed E-state index contributed by atoms with van der Waals surface area (Å²) in [7, 11) is -7.43. The Kier molecular flexibility index (Phi) is 11.8. The van der Waals surface area contributed by atoms with Crippen LogP contribution in [0.3, 0.4) is 0 Å². The summed E-state index contributed by atoms with van der Waals surface area (Å²) in [6, 6.07) is 4.34. The maximum absolute atomic E-state index is 14.6. The smallest absolute Gasteiger partial charge is 0.460 e. The molecule has 0 atom stereocenters. The van der Waals surface area contributed by atoms with Crippen LogP contribution < -0.4 is 9.64 Å². The molecule has 2 aromatic carbocycles. The maximum atomic E-state index is 14.6. The minimum atomic E-state index is -8.92. The van der Waals surface area contributed by atoms with E-state index in [1.807, 2.05) is 0 Å². The van der Waals surface area contributed by atoms with Crippen molar-refractivity contribution in [3.05, 3.63) is 53.6 Å². The number of piperidine rings is 1. The molecule has 2 N–H and O–H groups in total. The van der Waals surface area contributed by atoms with Crippen LogP contribution in [0.4, 0.5) is 80.3 Å². The predicted molar refractivity (Wildman–Crippen MR) is 150 cm³/mol. The van der Waals surface area contributed by atoms with Crippen LogP contribution in [-0.2, 0) is 9.84 Å². The molecule has 0 radical (unpaired) electrons. The highest BCUT2D eigenvalue weighted by Gasteiger charge is 2.96. The first-order valence-corrected chi connectivity index (χ1v) is 16.2. The molecule has 1 fully saturated rings. The van der Waals surface area contributed by atoms with Crippen molar-refractivity contribution in [1.29, 1.82) is 0 Å². The molecule has 310 valence electrons. The lowest BCUT2D eigenvalue weighted by Crippen LogP contribution is -2.75.